The second-order valence-electron chi connectivity index (χ2n) is 3.76. The Bertz CT molecular complexity index is 384. The molecule has 1 aromatic carbocycles. The van der Waals surface area contributed by atoms with E-state index in [4.69, 9.17) is 21.1 Å². The van der Waals surface area contributed by atoms with Gasteiger partial charge < -0.3 is 14.4 Å². The highest BCUT2D eigenvalue weighted by molar-refractivity contribution is 6.30. The van der Waals surface area contributed by atoms with Crippen molar-refractivity contribution < 1.29 is 14.3 Å². The van der Waals surface area contributed by atoms with Crippen LogP contribution in [0, 0.1) is 0 Å². The Morgan fingerprint density at radius 3 is 2.89 bits per heavy atom. The highest BCUT2D eigenvalue weighted by atomic mass is 35.5. The van der Waals surface area contributed by atoms with E-state index in [2.05, 4.69) is 0 Å². The molecule has 4 nitrogen and oxygen atoms in total. The van der Waals surface area contributed by atoms with E-state index < -0.39 is 0 Å². The van der Waals surface area contributed by atoms with Crippen LogP contribution in [-0.2, 0) is 9.53 Å². The van der Waals surface area contributed by atoms with E-state index in [1.54, 1.807) is 24.1 Å². The van der Waals surface area contributed by atoms with E-state index in [1.807, 2.05) is 19.1 Å². The number of benzene rings is 1. The summed E-state index contributed by atoms with van der Waals surface area (Å²) in [5, 5.41) is 0.633. The first-order valence-corrected chi connectivity index (χ1v) is 6.21. The molecular weight excluding hydrogens is 254 g/mol. The Morgan fingerprint density at radius 1 is 1.44 bits per heavy atom. The molecule has 0 heterocycles. The molecule has 0 bridgehead atoms. The number of halogens is 1. The minimum atomic E-state index is -0.0495. The Balaban J connectivity index is 2.26. The number of hydrogen-bond acceptors (Lipinski definition) is 3. The molecule has 0 radical (unpaired) electrons. The van der Waals surface area contributed by atoms with E-state index in [-0.39, 0.29) is 12.5 Å². The number of nitrogens with zero attached hydrogens (tertiary/aromatic N) is 1. The summed E-state index contributed by atoms with van der Waals surface area (Å²) in [6.45, 7) is 3.45. The zero-order valence-corrected chi connectivity index (χ0v) is 11.4. The van der Waals surface area contributed by atoms with Gasteiger partial charge in [0, 0.05) is 18.7 Å². The van der Waals surface area contributed by atoms with Crippen molar-refractivity contribution >= 4 is 17.5 Å². The molecule has 1 amide bonds. The number of amides is 1. The smallest absolute Gasteiger partial charge is 0.248 e. The van der Waals surface area contributed by atoms with Crippen LogP contribution in [0.25, 0.3) is 0 Å². The van der Waals surface area contributed by atoms with Crippen LogP contribution in [0.1, 0.15) is 6.92 Å². The molecule has 0 atom stereocenters. The highest BCUT2D eigenvalue weighted by Crippen LogP contribution is 2.16. The van der Waals surface area contributed by atoms with E-state index >= 15 is 0 Å². The van der Waals surface area contributed by atoms with Gasteiger partial charge in [0.15, 0.2) is 0 Å². The first-order chi connectivity index (χ1) is 8.63. The van der Waals surface area contributed by atoms with Crippen LogP contribution in [0.5, 0.6) is 5.75 Å². The summed E-state index contributed by atoms with van der Waals surface area (Å²) < 4.78 is 10.5. The van der Waals surface area contributed by atoms with Gasteiger partial charge in [-0.05, 0) is 25.1 Å². The number of hydrogen-bond donors (Lipinski definition) is 0. The summed E-state index contributed by atoms with van der Waals surface area (Å²) in [5.74, 6) is 0.653. The molecule has 18 heavy (non-hydrogen) atoms. The summed E-state index contributed by atoms with van der Waals surface area (Å²) >= 11 is 5.83. The summed E-state index contributed by atoms with van der Waals surface area (Å²) in [4.78, 5) is 13.1. The number of carbonyl (C=O) groups excluding carboxylic acids is 1. The molecule has 0 aromatic heterocycles. The van der Waals surface area contributed by atoms with Crippen LogP contribution in [0.3, 0.4) is 0 Å². The largest absolute Gasteiger partial charge is 0.492 e. The van der Waals surface area contributed by atoms with E-state index in [0.29, 0.717) is 30.5 Å². The van der Waals surface area contributed by atoms with Crippen molar-refractivity contribution in [1.82, 2.24) is 4.90 Å². The lowest BCUT2D eigenvalue weighted by atomic mass is 10.3. The van der Waals surface area contributed by atoms with Gasteiger partial charge in [0.25, 0.3) is 0 Å². The van der Waals surface area contributed by atoms with E-state index in [0.717, 1.165) is 0 Å². The van der Waals surface area contributed by atoms with Crippen LogP contribution >= 0.6 is 11.6 Å². The van der Waals surface area contributed by atoms with Crippen molar-refractivity contribution in [3.63, 3.8) is 0 Å². The lowest BCUT2D eigenvalue weighted by Crippen LogP contribution is -2.33. The van der Waals surface area contributed by atoms with Gasteiger partial charge in [-0.15, -0.1) is 0 Å². The maximum Gasteiger partial charge on any atom is 0.248 e. The van der Waals surface area contributed by atoms with Gasteiger partial charge in [-0.3, -0.25) is 4.79 Å². The first-order valence-electron chi connectivity index (χ1n) is 5.83. The van der Waals surface area contributed by atoms with Gasteiger partial charge in [-0.2, -0.15) is 0 Å². The zero-order valence-electron chi connectivity index (χ0n) is 10.7. The third-order valence-electron chi connectivity index (χ3n) is 2.35. The van der Waals surface area contributed by atoms with E-state index in [1.165, 1.54) is 0 Å². The molecule has 0 spiro atoms. The third-order valence-corrected chi connectivity index (χ3v) is 2.58. The third kappa shape index (κ3) is 5.38. The van der Waals surface area contributed by atoms with Gasteiger partial charge in [-0.25, -0.2) is 0 Å². The maximum atomic E-state index is 11.5. The highest BCUT2D eigenvalue weighted by Gasteiger charge is 2.08. The normalized spacial score (nSPS) is 10.2. The van der Waals surface area contributed by atoms with Crippen LogP contribution in [0.15, 0.2) is 24.3 Å². The molecule has 0 saturated heterocycles. The van der Waals surface area contributed by atoms with Gasteiger partial charge in [0.05, 0.1) is 6.54 Å². The Labute approximate surface area is 112 Å². The summed E-state index contributed by atoms with van der Waals surface area (Å²) in [6.07, 6.45) is 0. The SMILES string of the molecule is CCOCC(=O)N(C)CCOc1cccc(Cl)c1. The minimum absolute atomic E-state index is 0.0495. The molecule has 1 aromatic rings. The predicted molar refractivity (Wildman–Crippen MR) is 71.1 cm³/mol. The van der Waals surface area contributed by atoms with Gasteiger partial charge in [0.1, 0.15) is 19.0 Å². The molecule has 0 saturated carbocycles. The Hall–Kier alpha value is -1.26. The van der Waals surface area contributed by atoms with Crippen molar-refractivity contribution in [3.05, 3.63) is 29.3 Å². The topological polar surface area (TPSA) is 38.8 Å². The number of rotatable bonds is 7. The second-order valence-corrected chi connectivity index (χ2v) is 4.19. The van der Waals surface area contributed by atoms with Crippen molar-refractivity contribution in [1.29, 1.82) is 0 Å². The molecule has 0 N–H and O–H groups in total. The Kier molecular flexibility index (Phi) is 6.54. The van der Waals surface area contributed by atoms with Gasteiger partial charge in [0.2, 0.25) is 5.91 Å². The first kappa shape index (κ1) is 14.8. The number of ether oxygens (including phenoxy) is 2. The fourth-order valence-corrected chi connectivity index (χ4v) is 1.46. The monoisotopic (exact) mass is 271 g/mol. The molecule has 0 aliphatic carbocycles. The summed E-state index contributed by atoms with van der Waals surface area (Å²) in [7, 11) is 1.72. The van der Waals surface area contributed by atoms with E-state index in [9.17, 15) is 4.79 Å². The average molecular weight is 272 g/mol. The molecule has 0 fully saturated rings. The van der Waals surface area contributed by atoms with Crippen molar-refractivity contribution in [2.24, 2.45) is 0 Å². The fraction of sp³-hybridized carbons (Fsp3) is 0.462. The van der Waals surface area contributed by atoms with Crippen LogP contribution in [0.4, 0.5) is 0 Å². The maximum absolute atomic E-state index is 11.5. The average Bonchev–Trinajstić information content (AvgIpc) is 2.35. The van der Waals surface area contributed by atoms with Gasteiger partial charge >= 0.3 is 0 Å². The van der Waals surface area contributed by atoms with Crippen LogP contribution < -0.4 is 4.74 Å². The second kappa shape index (κ2) is 7.95. The Morgan fingerprint density at radius 2 is 2.22 bits per heavy atom. The predicted octanol–water partition coefficient (Wildman–Crippen LogP) is 2.21. The van der Waals surface area contributed by atoms with Crippen molar-refractivity contribution in [3.8, 4) is 5.75 Å². The standard InChI is InChI=1S/C13H18ClNO3/c1-3-17-10-13(16)15(2)7-8-18-12-6-4-5-11(14)9-12/h4-6,9H,3,7-8,10H2,1-2H3. The summed E-state index contributed by atoms with van der Waals surface area (Å²) in [5.41, 5.74) is 0. The fourth-order valence-electron chi connectivity index (χ4n) is 1.28. The minimum Gasteiger partial charge on any atom is -0.492 e. The molecule has 100 valence electrons. The molecular formula is C13H18ClNO3. The molecule has 0 unspecified atom stereocenters. The molecule has 0 aliphatic heterocycles. The lowest BCUT2D eigenvalue weighted by Gasteiger charge is -2.17. The lowest BCUT2D eigenvalue weighted by molar-refractivity contribution is -0.134. The number of likely N-dealkylation sites (N-methyl/N-ethyl adjacent to an activating group) is 1. The van der Waals surface area contributed by atoms with Gasteiger partial charge in [-0.1, -0.05) is 17.7 Å². The molecule has 0 aliphatic rings. The van der Waals surface area contributed by atoms with Crippen LogP contribution in [0.2, 0.25) is 5.02 Å². The van der Waals surface area contributed by atoms with Crippen LogP contribution in [-0.4, -0.2) is 44.2 Å². The molecule has 5 heteroatoms. The quantitative estimate of drug-likeness (QED) is 0.763. The van der Waals surface area contributed by atoms with Crippen molar-refractivity contribution in [2.75, 3.05) is 33.4 Å². The number of carbonyl (C=O) groups is 1. The zero-order chi connectivity index (χ0) is 13.4. The van der Waals surface area contributed by atoms with Crippen molar-refractivity contribution in [2.45, 2.75) is 6.92 Å². The molecule has 1 rings (SSSR count). The summed E-state index contributed by atoms with van der Waals surface area (Å²) in [6, 6.07) is 7.17.